The molecule has 0 aliphatic carbocycles. The lowest BCUT2D eigenvalue weighted by Gasteiger charge is -2.39. The Morgan fingerprint density at radius 2 is 1.76 bits per heavy atom. The van der Waals surface area contributed by atoms with Crippen LogP contribution in [0.15, 0.2) is 48.9 Å². The molecule has 1 aliphatic rings. The highest BCUT2D eigenvalue weighted by Gasteiger charge is 2.24. The van der Waals surface area contributed by atoms with Crippen molar-refractivity contribution in [3.05, 3.63) is 54.5 Å². The van der Waals surface area contributed by atoms with Gasteiger partial charge in [0.2, 0.25) is 0 Å². The highest BCUT2D eigenvalue weighted by Crippen LogP contribution is 2.22. The topological polar surface area (TPSA) is 58.3 Å². The monoisotopic (exact) mass is 283 g/mol. The van der Waals surface area contributed by atoms with Crippen molar-refractivity contribution < 1.29 is 0 Å². The highest BCUT2D eigenvalue weighted by molar-refractivity contribution is 5.38. The fraction of sp³-hybridized carbons (Fsp3) is 0.375. The Balaban J connectivity index is 1.65. The Bertz CT molecular complexity index is 537. The van der Waals surface area contributed by atoms with Crippen LogP contribution in [0, 0.1) is 0 Å². The van der Waals surface area contributed by atoms with Gasteiger partial charge in [-0.15, -0.1) is 0 Å². The summed E-state index contributed by atoms with van der Waals surface area (Å²) in [6.45, 7) is 4.60. The Labute approximate surface area is 125 Å². The second kappa shape index (κ2) is 6.65. The van der Waals surface area contributed by atoms with Crippen molar-refractivity contribution in [1.29, 1.82) is 0 Å². The minimum atomic E-state index is 0.277. The molecule has 0 spiro atoms. The van der Waals surface area contributed by atoms with E-state index in [9.17, 15) is 0 Å². The molecule has 3 rings (SSSR count). The van der Waals surface area contributed by atoms with E-state index < -0.39 is 0 Å². The molecule has 5 nitrogen and oxygen atoms in total. The van der Waals surface area contributed by atoms with E-state index in [4.69, 9.17) is 5.73 Å². The zero-order chi connectivity index (χ0) is 14.5. The van der Waals surface area contributed by atoms with Gasteiger partial charge in [0, 0.05) is 57.4 Å². The van der Waals surface area contributed by atoms with Gasteiger partial charge in [-0.1, -0.05) is 6.07 Å². The molecule has 0 amide bonds. The van der Waals surface area contributed by atoms with Crippen LogP contribution in [0.25, 0.3) is 0 Å². The lowest BCUT2D eigenvalue weighted by molar-refractivity contribution is 0.190. The average molecular weight is 283 g/mol. The van der Waals surface area contributed by atoms with Crippen LogP contribution in [0.3, 0.4) is 0 Å². The largest absolute Gasteiger partial charge is 0.354 e. The maximum absolute atomic E-state index is 5.99. The molecule has 2 aromatic heterocycles. The molecule has 2 N–H and O–H groups in total. The molecule has 1 aliphatic heterocycles. The quantitative estimate of drug-likeness (QED) is 0.916. The Kier molecular flexibility index (Phi) is 4.43. The number of piperazine rings is 1. The van der Waals surface area contributed by atoms with Crippen LogP contribution in [-0.2, 0) is 0 Å². The summed E-state index contributed by atoms with van der Waals surface area (Å²) in [5.74, 6) is 1.06. The van der Waals surface area contributed by atoms with E-state index >= 15 is 0 Å². The number of nitrogens with zero attached hydrogens (tertiary/aromatic N) is 4. The number of hydrogen-bond acceptors (Lipinski definition) is 5. The Hall–Kier alpha value is -1.98. The van der Waals surface area contributed by atoms with Crippen molar-refractivity contribution >= 4 is 5.82 Å². The van der Waals surface area contributed by atoms with Crippen molar-refractivity contribution in [3.63, 3.8) is 0 Å². The normalized spacial score (nSPS) is 17.7. The first-order valence-electron chi connectivity index (χ1n) is 7.38. The molecule has 5 heteroatoms. The van der Waals surface area contributed by atoms with E-state index in [1.54, 1.807) is 0 Å². The van der Waals surface area contributed by atoms with Crippen LogP contribution in [0.5, 0.6) is 0 Å². The van der Waals surface area contributed by atoms with E-state index in [1.807, 2.05) is 30.7 Å². The molecular weight excluding hydrogens is 262 g/mol. The summed E-state index contributed by atoms with van der Waals surface area (Å²) in [6, 6.07) is 10.4. The van der Waals surface area contributed by atoms with Gasteiger partial charge in [0.1, 0.15) is 5.82 Å². The first kappa shape index (κ1) is 14.0. The number of pyridine rings is 2. The molecule has 1 fully saturated rings. The predicted octanol–water partition coefficient (Wildman–Crippen LogP) is 1.30. The fourth-order valence-corrected chi connectivity index (χ4v) is 2.89. The van der Waals surface area contributed by atoms with Gasteiger partial charge in [0.15, 0.2) is 0 Å². The van der Waals surface area contributed by atoms with Gasteiger partial charge in [-0.25, -0.2) is 4.98 Å². The van der Waals surface area contributed by atoms with Crippen LogP contribution in [0.2, 0.25) is 0 Å². The summed E-state index contributed by atoms with van der Waals surface area (Å²) in [7, 11) is 0. The van der Waals surface area contributed by atoms with E-state index in [1.165, 1.54) is 5.56 Å². The molecule has 0 aromatic carbocycles. The molecule has 0 bridgehead atoms. The second-order valence-corrected chi connectivity index (χ2v) is 5.24. The van der Waals surface area contributed by atoms with Gasteiger partial charge in [-0.05, 0) is 29.8 Å². The smallest absolute Gasteiger partial charge is 0.128 e. The maximum atomic E-state index is 5.99. The number of rotatable bonds is 4. The lowest BCUT2D eigenvalue weighted by atomic mass is 10.1. The first-order chi connectivity index (χ1) is 10.4. The molecule has 3 heterocycles. The van der Waals surface area contributed by atoms with Gasteiger partial charge in [0.25, 0.3) is 0 Å². The van der Waals surface area contributed by atoms with Crippen LogP contribution >= 0.6 is 0 Å². The summed E-state index contributed by atoms with van der Waals surface area (Å²) >= 11 is 0. The lowest BCUT2D eigenvalue weighted by Crippen LogP contribution is -2.49. The third-order valence-corrected chi connectivity index (χ3v) is 4.04. The van der Waals surface area contributed by atoms with Crippen LogP contribution in [0.4, 0.5) is 5.82 Å². The molecule has 0 radical (unpaired) electrons. The summed E-state index contributed by atoms with van der Waals surface area (Å²) < 4.78 is 0. The zero-order valence-corrected chi connectivity index (χ0v) is 12.1. The molecule has 1 atom stereocenters. The van der Waals surface area contributed by atoms with Crippen molar-refractivity contribution in [2.45, 2.75) is 6.04 Å². The minimum Gasteiger partial charge on any atom is -0.354 e. The Morgan fingerprint density at radius 3 is 2.38 bits per heavy atom. The van der Waals surface area contributed by atoms with E-state index in [0.29, 0.717) is 6.54 Å². The van der Waals surface area contributed by atoms with Gasteiger partial charge in [-0.2, -0.15) is 0 Å². The molecular formula is C16H21N5. The van der Waals surface area contributed by atoms with Gasteiger partial charge in [0.05, 0.1) is 0 Å². The van der Waals surface area contributed by atoms with Gasteiger partial charge < -0.3 is 10.6 Å². The van der Waals surface area contributed by atoms with Crippen molar-refractivity contribution in [1.82, 2.24) is 14.9 Å². The SMILES string of the molecule is NCC(c1ccncc1)N1CCN(c2ccccn2)CC1. The zero-order valence-electron chi connectivity index (χ0n) is 12.1. The van der Waals surface area contributed by atoms with E-state index in [-0.39, 0.29) is 6.04 Å². The minimum absolute atomic E-state index is 0.277. The summed E-state index contributed by atoms with van der Waals surface area (Å²) in [5.41, 5.74) is 7.24. The molecule has 1 unspecified atom stereocenters. The second-order valence-electron chi connectivity index (χ2n) is 5.24. The highest BCUT2D eigenvalue weighted by atomic mass is 15.3. The maximum Gasteiger partial charge on any atom is 0.128 e. The summed E-state index contributed by atoms with van der Waals surface area (Å²) in [5, 5.41) is 0. The molecule has 110 valence electrons. The Morgan fingerprint density at radius 1 is 1.00 bits per heavy atom. The van der Waals surface area contributed by atoms with Crippen LogP contribution in [0.1, 0.15) is 11.6 Å². The molecule has 2 aromatic rings. The summed E-state index contributed by atoms with van der Waals surface area (Å²) in [4.78, 5) is 13.3. The standard InChI is InChI=1S/C16H21N5/c17-13-15(14-4-7-18-8-5-14)20-9-11-21(12-10-20)16-3-1-2-6-19-16/h1-8,15H,9-13,17H2. The van der Waals surface area contributed by atoms with Crippen molar-refractivity contribution in [3.8, 4) is 0 Å². The number of aromatic nitrogens is 2. The number of anilines is 1. The number of nitrogens with two attached hydrogens (primary N) is 1. The van der Waals surface area contributed by atoms with Crippen LogP contribution in [-0.4, -0.2) is 47.6 Å². The van der Waals surface area contributed by atoms with Gasteiger partial charge in [-0.3, -0.25) is 9.88 Å². The van der Waals surface area contributed by atoms with Crippen LogP contribution < -0.4 is 10.6 Å². The molecule has 21 heavy (non-hydrogen) atoms. The average Bonchev–Trinajstić information content (AvgIpc) is 2.58. The number of hydrogen-bond donors (Lipinski definition) is 1. The summed E-state index contributed by atoms with van der Waals surface area (Å²) in [6.07, 6.45) is 5.52. The predicted molar refractivity (Wildman–Crippen MR) is 84.1 cm³/mol. The third kappa shape index (κ3) is 3.20. The first-order valence-corrected chi connectivity index (χ1v) is 7.38. The van der Waals surface area contributed by atoms with E-state index in [2.05, 4.69) is 38.0 Å². The third-order valence-electron chi connectivity index (χ3n) is 4.04. The van der Waals surface area contributed by atoms with Gasteiger partial charge >= 0.3 is 0 Å². The molecule has 0 saturated carbocycles. The molecule has 1 saturated heterocycles. The van der Waals surface area contributed by atoms with Crippen molar-refractivity contribution in [2.24, 2.45) is 5.73 Å². The fourth-order valence-electron chi connectivity index (χ4n) is 2.89. The van der Waals surface area contributed by atoms with Crippen molar-refractivity contribution in [2.75, 3.05) is 37.6 Å². The van der Waals surface area contributed by atoms with E-state index in [0.717, 1.165) is 32.0 Å².